The van der Waals surface area contributed by atoms with Crippen LogP contribution >= 0.6 is 11.6 Å². The Morgan fingerprint density at radius 1 is 1.26 bits per heavy atom. The molecule has 0 saturated heterocycles. The van der Waals surface area contributed by atoms with E-state index < -0.39 is 29.8 Å². The summed E-state index contributed by atoms with van der Waals surface area (Å²) in [5, 5.41) is 2.93. The van der Waals surface area contributed by atoms with Crippen LogP contribution in [-0.4, -0.2) is 10.5 Å². The second-order valence-corrected chi connectivity index (χ2v) is 5.33. The van der Waals surface area contributed by atoms with Gasteiger partial charge in [-0.3, -0.25) is 9.59 Å². The van der Waals surface area contributed by atoms with E-state index in [4.69, 9.17) is 11.6 Å². The lowest BCUT2D eigenvalue weighted by molar-refractivity contribution is -0.138. The zero-order valence-corrected chi connectivity index (χ0v) is 12.7. The molecule has 0 fully saturated rings. The number of alkyl halides is 3. The first kappa shape index (κ1) is 17.1. The summed E-state index contributed by atoms with van der Waals surface area (Å²) in [5.74, 6) is -0.628. The highest BCUT2D eigenvalue weighted by Gasteiger charge is 2.31. The van der Waals surface area contributed by atoms with E-state index in [1.54, 1.807) is 19.1 Å². The Bertz CT molecular complexity index is 800. The molecule has 0 aliphatic heterocycles. The molecule has 2 rings (SSSR count). The summed E-state index contributed by atoms with van der Waals surface area (Å²) >= 11 is 5.83. The van der Waals surface area contributed by atoms with Gasteiger partial charge >= 0.3 is 6.18 Å². The number of halogens is 4. The molecule has 0 saturated carbocycles. The molecular formula is C15H12ClF3N2O2. The number of carbonyl (C=O) groups is 1. The number of rotatable bonds is 3. The van der Waals surface area contributed by atoms with Crippen LogP contribution in [0.2, 0.25) is 5.02 Å². The van der Waals surface area contributed by atoms with E-state index in [9.17, 15) is 22.8 Å². The average Bonchev–Trinajstić information content (AvgIpc) is 2.44. The minimum absolute atomic E-state index is 0.405. The molecule has 1 heterocycles. The molecule has 1 N–H and O–H groups in total. The van der Waals surface area contributed by atoms with Crippen LogP contribution in [0, 0.1) is 6.92 Å². The highest BCUT2D eigenvalue weighted by atomic mass is 35.5. The summed E-state index contributed by atoms with van der Waals surface area (Å²) < 4.78 is 38.7. The van der Waals surface area contributed by atoms with Gasteiger partial charge in [0.05, 0.1) is 5.56 Å². The van der Waals surface area contributed by atoms with E-state index in [0.29, 0.717) is 27.5 Å². The quantitative estimate of drug-likeness (QED) is 0.927. The lowest BCUT2D eigenvalue weighted by Gasteiger charge is -2.12. The highest BCUT2D eigenvalue weighted by Crippen LogP contribution is 2.28. The average molecular weight is 345 g/mol. The third kappa shape index (κ3) is 4.35. The molecule has 0 atom stereocenters. The first-order valence-corrected chi connectivity index (χ1v) is 6.88. The maximum Gasteiger partial charge on any atom is 0.417 e. The van der Waals surface area contributed by atoms with Crippen molar-refractivity contribution in [1.29, 1.82) is 0 Å². The molecule has 0 bridgehead atoms. The normalized spacial score (nSPS) is 11.3. The molecule has 0 aliphatic rings. The number of carbonyl (C=O) groups excluding carboxylic acids is 1. The molecule has 1 amide bonds. The third-order valence-electron chi connectivity index (χ3n) is 3.10. The van der Waals surface area contributed by atoms with Crippen LogP contribution in [0.1, 0.15) is 11.1 Å². The van der Waals surface area contributed by atoms with Gasteiger partial charge < -0.3 is 9.88 Å². The molecule has 0 radical (unpaired) electrons. The highest BCUT2D eigenvalue weighted by molar-refractivity contribution is 6.31. The summed E-state index contributed by atoms with van der Waals surface area (Å²) in [5.41, 5.74) is -0.526. The van der Waals surface area contributed by atoms with Gasteiger partial charge in [0, 0.05) is 23.0 Å². The number of hydrogen-bond acceptors (Lipinski definition) is 2. The molecule has 122 valence electrons. The SMILES string of the molecule is Cc1ccc(Cl)cc1NC(=O)Cn1cc(C(F)(F)F)ccc1=O. The van der Waals surface area contributed by atoms with Crippen molar-refractivity contribution in [3.8, 4) is 0 Å². The van der Waals surface area contributed by atoms with E-state index in [0.717, 1.165) is 11.6 Å². The second kappa shape index (κ2) is 6.45. The van der Waals surface area contributed by atoms with Crippen molar-refractivity contribution in [3.63, 3.8) is 0 Å². The molecule has 23 heavy (non-hydrogen) atoms. The summed E-state index contributed by atoms with van der Waals surface area (Å²) in [7, 11) is 0. The fourth-order valence-electron chi connectivity index (χ4n) is 1.90. The minimum atomic E-state index is -4.59. The number of benzene rings is 1. The Hall–Kier alpha value is -2.28. The van der Waals surface area contributed by atoms with Gasteiger partial charge in [-0.2, -0.15) is 13.2 Å². The summed E-state index contributed by atoms with van der Waals surface area (Å²) in [4.78, 5) is 23.6. The fraction of sp³-hybridized carbons (Fsp3) is 0.200. The molecule has 0 aliphatic carbocycles. The predicted molar refractivity (Wildman–Crippen MR) is 80.5 cm³/mol. The number of pyridine rings is 1. The maximum absolute atomic E-state index is 12.7. The number of aromatic nitrogens is 1. The van der Waals surface area contributed by atoms with Crippen molar-refractivity contribution in [2.75, 3.05) is 5.32 Å². The van der Waals surface area contributed by atoms with Gasteiger partial charge in [-0.1, -0.05) is 17.7 Å². The van der Waals surface area contributed by atoms with Crippen molar-refractivity contribution in [3.05, 3.63) is 63.0 Å². The number of anilines is 1. The minimum Gasteiger partial charge on any atom is -0.324 e. The van der Waals surface area contributed by atoms with Gasteiger partial charge in [0.25, 0.3) is 5.56 Å². The summed E-state index contributed by atoms with van der Waals surface area (Å²) in [6.45, 7) is 1.21. The van der Waals surface area contributed by atoms with E-state index in [-0.39, 0.29) is 0 Å². The number of nitrogens with zero attached hydrogens (tertiary/aromatic N) is 1. The number of nitrogens with one attached hydrogen (secondary N) is 1. The third-order valence-corrected chi connectivity index (χ3v) is 3.33. The zero-order valence-electron chi connectivity index (χ0n) is 11.9. The van der Waals surface area contributed by atoms with E-state index in [1.165, 1.54) is 6.07 Å². The van der Waals surface area contributed by atoms with Gasteiger partial charge in [0.1, 0.15) is 6.54 Å². The Morgan fingerprint density at radius 3 is 2.61 bits per heavy atom. The van der Waals surface area contributed by atoms with Gasteiger partial charge in [0.15, 0.2) is 0 Å². The Morgan fingerprint density at radius 2 is 1.96 bits per heavy atom. The molecule has 2 aromatic rings. The Balaban J connectivity index is 2.20. The number of amides is 1. The van der Waals surface area contributed by atoms with Crippen LogP contribution in [-0.2, 0) is 17.5 Å². The molecular weight excluding hydrogens is 333 g/mol. The lowest BCUT2D eigenvalue weighted by Crippen LogP contribution is -2.28. The van der Waals surface area contributed by atoms with Crippen molar-refractivity contribution >= 4 is 23.2 Å². The molecule has 4 nitrogen and oxygen atoms in total. The monoisotopic (exact) mass is 344 g/mol. The fourth-order valence-corrected chi connectivity index (χ4v) is 2.07. The number of aryl methyl sites for hydroxylation is 1. The second-order valence-electron chi connectivity index (χ2n) is 4.89. The largest absolute Gasteiger partial charge is 0.417 e. The lowest BCUT2D eigenvalue weighted by atomic mass is 10.2. The molecule has 0 unspecified atom stereocenters. The molecule has 1 aromatic heterocycles. The van der Waals surface area contributed by atoms with E-state index >= 15 is 0 Å². The predicted octanol–water partition coefficient (Wildman–Crippen LogP) is 3.47. The Labute approximate surface area is 134 Å². The van der Waals surface area contributed by atoms with Gasteiger partial charge in [-0.15, -0.1) is 0 Å². The molecule has 1 aromatic carbocycles. The van der Waals surface area contributed by atoms with E-state index in [1.807, 2.05) is 0 Å². The van der Waals surface area contributed by atoms with Crippen molar-refractivity contribution in [1.82, 2.24) is 4.57 Å². The molecule has 0 spiro atoms. The standard InChI is InChI=1S/C15H12ClF3N2O2/c1-9-2-4-11(16)6-12(9)20-13(22)8-21-7-10(15(17,18)19)3-5-14(21)23/h2-7H,8H2,1H3,(H,20,22). The first-order chi connectivity index (χ1) is 10.7. The van der Waals surface area contributed by atoms with Crippen LogP contribution in [0.3, 0.4) is 0 Å². The van der Waals surface area contributed by atoms with E-state index in [2.05, 4.69) is 5.32 Å². The molecule has 8 heteroatoms. The van der Waals surface area contributed by atoms with Gasteiger partial charge in [0.2, 0.25) is 5.91 Å². The van der Waals surface area contributed by atoms with Crippen molar-refractivity contribution < 1.29 is 18.0 Å². The first-order valence-electron chi connectivity index (χ1n) is 6.50. The van der Waals surface area contributed by atoms with Gasteiger partial charge in [-0.25, -0.2) is 0 Å². The zero-order chi connectivity index (χ0) is 17.2. The summed E-state index contributed by atoms with van der Waals surface area (Å²) in [6, 6.07) is 6.31. The van der Waals surface area contributed by atoms with Crippen LogP contribution < -0.4 is 10.9 Å². The van der Waals surface area contributed by atoms with Crippen LogP contribution in [0.15, 0.2) is 41.3 Å². The summed E-state index contributed by atoms with van der Waals surface area (Å²) in [6.07, 6.45) is -3.97. The topological polar surface area (TPSA) is 51.1 Å². The smallest absolute Gasteiger partial charge is 0.324 e. The van der Waals surface area contributed by atoms with Crippen LogP contribution in [0.4, 0.5) is 18.9 Å². The van der Waals surface area contributed by atoms with Gasteiger partial charge in [-0.05, 0) is 30.7 Å². The Kier molecular flexibility index (Phi) is 4.79. The van der Waals surface area contributed by atoms with Crippen LogP contribution in [0.5, 0.6) is 0 Å². The number of hydrogen-bond donors (Lipinski definition) is 1. The van der Waals surface area contributed by atoms with Crippen molar-refractivity contribution in [2.45, 2.75) is 19.6 Å². The van der Waals surface area contributed by atoms with Crippen molar-refractivity contribution in [2.24, 2.45) is 0 Å². The maximum atomic E-state index is 12.7. The van der Waals surface area contributed by atoms with Crippen LogP contribution in [0.25, 0.3) is 0 Å².